The first kappa shape index (κ1) is 15.9. The highest BCUT2D eigenvalue weighted by Gasteiger charge is 2.65. The van der Waals surface area contributed by atoms with Crippen molar-refractivity contribution in [2.45, 2.75) is 33.1 Å². The molecule has 1 heterocycles. The van der Waals surface area contributed by atoms with E-state index in [1.165, 1.54) is 12.3 Å². The summed E-state index contributed by atoms with van der Waals surface area (Å²) in [5.74, 6) is 0.100. The van der Waals surface area contributed by atoms with Crippen molar-refractivity contribution < 1.29 is 17.4 Å². The monoisotopic (exact) mass is 387 g/mol. The van der Waals surface area contributed by atoms with E-state index in [9.17, 15) is 13.2 Å². The predicted octanol–water partition coefficient (Wildman–Crippen LogP) is 2.95. The van der Waals surface area contributed by atoms with Crippen LogP contribution in [0.1, 0.15) is 33.1 Å². The van der Waals surface area contributed by atoms with Crippen LogP contribution in [0.2, 0.25) is 0 Å². The van der Waals surface area contributed by atoms with Crippen LogP contribution in [0.15, 0.2) is 22.8 Å². The van der Waals surface area contributed by atoms with Gasteiger partial charge in [-0.3, -0.25) is 4.79 Å². The Labute approximate surface area is 138 Å². The average Bonchev–Trinajstić information content (AvgIpc) is 2.74. The molecular formula is C15H18BrNO4S. The predicted molar refractivity (Wildman–Crippen MR) is 84.9 cm³/mol. The van der Waals surface area contributed by atoms with E-state index in [1.54, 1.807) is 6.07 Å². The summed E-state index contributed by atoms with van der Waals surface area (Å²) in [6, 6.07) is 3.14. The zero-order chi connectivity index (χ0) is 16.2. The smallest absolute Gasteiger partial charge is 0.311 e. The van der Waals surface area contributed by atoms with Gasteiger partial charge in [-0.1, -0.05) is 13.8 Å². The molecular weight excluding hydrogens is 370 g/mol. The summed E-state index contributed by atoms with van der Waals surface area (Å²) >= 11 is 3.23. The molecule has 2 aliphatic rings. The van der Waals surface area contributed by atoms with Gasteiger partial charge in [-0.15, -0.1) is 0 Å². The normalized spacial score (nSPS) is 29.8. The number of carbonyl (C=O) groups is 1. The third-order valence-electron chi connectivity index (χ3n) is 5.47. The molecule has 0 amide bonds. The average molecular weight is 388 g/mol. The Kier molecular flexibility index (Phi) is 3.64. The molecule has 2 unspecified atom stereocenters. The van der Waals surface area contributed by atoms with Gasteiger partial charge in [0.05, 0.1) is 11.2 Å². The first-order valence-electron chi connectivity index (χ1n) is 7.23. The Bertz CT molecular complexity index is 714. The lowest BCUT2D eigenvalue weighted by atomic mass is 9.70. The molecule has 3 rings (SSSR count). The lowest BCUT2D eigenvalue weighted by Crippen LogP contribution is -2.43. The van der Waals surface area contributed by atoms with Crippen LogP contribution in [-0.2, 0) is 14.9 Å². The zero-order valence-corrected chi connectivity index (χ0v) is 14.9. The molecule has 1 aromatic heterocycles. The van der Waals surface area contributed by atoms with Crippen molar-refractivity contribution >= 4 is 31.8 Å². The first-order valence-corrected chi connectivity index (χ1v) is 9.60. The number of aromatic nitrogens is 1. The standard InChI is InChI=1S/C15H18BrNO4S/c1-14(2)10-5-6-15(14,12(18)7-10)9-22(19,20)21-13-4-3-11(16)8-17-13/h3-4,8,10H,5-7,9H2,1-2H3. The minimum atomic E-state index is -3.88. The number of nitrogens with zero attached hydrogens (tertiary/aromatic N) is 1. The SMILES string of the molecule is CC1(C)C2CCC1(CS(=O)(=O)Oc1ccc(Br)cn1)C(=O)C2. The Morgan fingerprint density at radius 1 is 1.41 bits per heavy atom. The number of carbonyl (C=O) groups excluding carboxylic acids is 1. The molecule has 2 fully saturated rings. The summed E-state index contributed by atoms with van der Waals surface area (Å²) < 4.78 is 30.7. The van der Waals surface area contributed by atoms with Crippen molar-refractivity contribution in [3.63, 3.8) is 0 Å². The molecule has 7 heteroatoms. The molecule has 2 saturated carbocycles. The molecule has 2 bridgehead atoms. The quantitative estimate of drug-likeness (QED) is 0.742. The third-order valence-corrected chi connectivity index (χ3v) is 7.22. The van der Waals surface area contributed by atoms with Crippen molar-refractivity contribution in [3.05, 3.63) is 22.8 Å². The van der Waals surface area contributed by atoms with Crippen LogP contribution in [-0.4, -0.2) is 24.9 Å². The molecule has 0 spiro atoms. The molecule has 0 radical (unpaired) electrons. The van der Waals surface area contributed by atoms with E-state index < -0.39 is 15.5 Å². The van der Waals surface area contributed by atoms with Crippen LogP contribution in [0, 0.1) is 16.7 Å². The van der Waals surface area contributed by atoms with Gasteiger partial charge in [-0.2, -0.15) is 8.42 Å². The minimum absolute atomic E-state index is 0.0254. The fourth-order valence-corrected chi connectivity index (χ4v) is 5.91. The maximum absolute atomic E-state index is 12.4. The molecule has 22 heavy (non-hydrogen) atoms. The molecule has 2 atom stereocenters. The zero-order valence-electron chi connectivity index (χ0n) is 12.5. The molecule has 5 nitrogen and oxygen atoms in total. The minimum Gasteiger partial charge on any atom is -0.362 e. The third kappa shape index (κ3) is 2.38. The van der Waals surface area contributed by atoms with E-state index in [1.807, 2.05) is 13.8 Å². The Morgan fingerprint density at radius 3 is 2.64 bits per heavy atom. The maximum atomic E-state index is 12.4. The van der Waals surface area contributed by atoms with E-state index >= 15 is 0 Å². The van der Waals surface area contributed by atoms with E-state index in [0.29, 0.717) is 12.8 Å². The van der Waals surface area contributed by atoms with E-state index in [2.05, 4.69) is 20.9 Å². The molecule has 120 valence electrons. The fourth-order valence-electron chi connectivity index (χ4n) is 3.98. The Morgan fingerprint density at radius 2 is 2.14 bits per heavy atom. The van der Waals surface area contributed by atoms with E-state index in [0.717, 1.165) is 10.9 Å². The summed E-state index contributed by atoms with van der Waals surface area (Å²) in [7, 11) is -3.88. The van der Waals surface area contributed by atoms with Gasteiger partial charge in [0.15, 0.2) is 0 Å². The molecule has 0 N–H and O–H groups in total. The van der Waals surface area contributed by atoms with Crippen LogP contribution >= 0.6 is 15.9 Å². The maximum Gasteiger partial charge on any atom is 0.311 e. The highest BCUT2D eigenvalue weighted by molar-refractivity contribution is 9.10. The van der Waals surface area contributed by atoms with Crippen molar-refractivity contribution in [1.82, 2.24) is 4.98 Å². The van der Waals surface area contributed by atoms with Gasteiger partial charge in [0.25, 0.3) is 0 Å². The molecule has 0 aliphatic heterocycles. The summed E-state index contributed by atoms with van der Waals surface area (Å²) in [4.78, 5) is 16.3. The van der Waals surface area contributed by atoms with Gasteiger partial charge in [-0.25, -0.2) is 4.98 Å². The van der Waals surface area contributed by atoms with Crippen LogP contribution in [0.4, 0.5) is 0 Å². The van der Waals surface area contributed by atoms with Crippen molar-refractivity contribution in [2.75, 3.05) is 5.75 Å². The Hall–Kier alpha value is -0.950. The number of Topliss-reactive ketones (excluding diaryl/α,β-unsaturated/α-hetero) is 1. The number of pyridine rings is 1. The van der Waals surface area contributed by atoms with Crippen LogP contribution in [0.3, 0.4) is 0 Å². The number of ketones is 1. The molecule has 1 aromatic rings. The fraction of sp³-hybridized carbons (Fsp3) is 0.600. The van der Waals surface area contributed by atoms with Crippen LogP contribution < -0.4 is 4.18 Å². The summed E-state index contributed by atoms with van der Waals surface area (Å²) in [6.45, 7) is 4.01. The van der Waals surface area contributed by atoms with Gasteiger partial charge in [0.1, 0.15) is 5.78 Å². The molecule has 2 aliphatic carbocycles. The number of hydrogen-bond donors (Lipinski definition) is 0. The first-order chi connectivity index (χ1) is 10.2. The van der Waals surface area contributed by atoms with E-state index in [-0.39, 0.29) is 28.7 Å². The number of fused-ring (bicyclic) bond motifs is 2. The molecule has 0 saturated heterocycles. The Balaban J connectivity index is 1.85. The lowest BCUT2D eigenvalue weighted by molar-refractivity contribution is -0.128. The summed E-state index contributed by atoms with van der Waals surface area (Å²) in [6.07, 6.45) is 3.49. The van der Waals surface area contributed by atoms with Gasteiger partial charge in [-0.05, 0) is 46.2 Å². The second-order valence-corrected chi connectivity index (χ2v) is 9.25. The van der Waals surface area contributed by atoms with Crippen molar-refractivity contribution in [2.24, 2.45) is 16.7 Å². The number of halogens is 1. The summed E-state index contributed by atoms with van der Waals surface area (Å²) in [5.41, 5.74) is -1.11. The van der Waals surface area contributed by atoms with E-state index in [4.69, 9.17) is 4.18 Å². The highest BCUT2D eigenvalue weighted by Crippen LogP contribution is 2.64. The van der Waals surface area contributed by atoms with Crippen molar-refractivity contribution in [3.8, 4) is 5.88 Å². The molecule has 0 aromatic carbocycles. The lowest BCUT2D eigenvalue weighted by Gasteiger charge is -2.35. The van der Waals surface area contributed by atoms with Gasteiger partial charge in [0.2, 0.25) is 5.88 Å². The van der Waals surface area contributed by atoms with Crippen LogP contribution in [0.5, 0.6) is 5.88 Å². The largest absolute Gasteiger partial charge is 0.362 e. The van der Waals surface area contributed by atoms with Gasteiger partial charge >= 0.3 is 10.1 Å². The van der Waals surface area contributed by atoms with Crippen LogP contribution in [0.25, 0.3) is 0 Å². The van der Waals surface area contributed by atoms with Gasteiger partial charge in [0, 0.05) is 23.2 Å². The van der Waals surface area contributed by atoms with Crippen molar-refractivity contribution in [1.29, 1.82) is 0 Å². The highest BCUT2D eigenvalue weighted by atomic mass is 79.9. The number of hydrogen-bond acceptors (Lipinski definition) is 5. The number of rotatable bonds is 4. The topological polar surface area (TPSA) is 73.3 Å². The van der Waals surface area contributed by atoms with Gasteiger partial charge < -0.3 is 4.18 Å². The summed E-state index contributed by atoms with van der Waals surface area (Å²) in [5, 5.41) is 0. The second kappa shape index (κ2) is 5.03. The second-order valence-electron chi connectivity index (χ2n) is 6.77.